The summed E-state index contributed by atoms with van der Waals surface area (Å²) in [5.41, 5.74) is -1.50. The summed E-state index contributed by atoms with van der Waals surface area (Å²) in [5, 5.41) is 0. The Morgan fingerprint density at radius 2 is 1.64 bits per heavy atom. The van der Waals surface area contributed by atoms with Crippen LogP contribution in [0.15, 0.2) is 0 Å². The van der Waals surface area contributed by atoms with Crippen LogP contribution < -0.4 is 5.90 Å². The second-order valence-corrected chi connectivity index (χ2v) is 4.32. The van der Waals surface area contributed by atoms with E-state index in [9.17, 15) is 4.79 Å². The fourth-order valence-corrected chi connectivity index (χ4v) is 1.12. The SMILES string of the molecule is CCC(CC)(ON)C(=O)OC(C)(C)C. The Morgan fingerprint density at radius 3 is 1.86 bits per heavy atom. The van der Waals surface area contributed by atoms with Crippen LogP contribution in [0.3, 0.4) is 0 Å². The molecule has 0 rings (SSSR count). The summed E-state index contributed by atoms with van der Waals surface area (Å²) in [6.07, 6.45) is 1.02. The standard InChI is InChI=1S/C10H21NO3/c1-6-10(7-2,14-11)8(12)13-9(3,4)5/h6-7,11H2,1-5H3. The minimum atomic E-state index is -0.993. The van der Waals surface area contributed by atoms with Gasteiger partial charge in [-0.2, -0.15) is 0 Å². The van der Waals surface area contributed by atoms with Crippen LogP contribution in [0.25, 0.3) is 0 Å². The Morgan fingerprint density at radius 1 is 1.21 bits per heavy atom. The molecule has 14 heavy (non-hydrogen) atoms. The molecule has 0 saturated heterocycles. The van der Waals surface area contributed by atoms with Gasteiger partial charge in [0.05, 0.1) is 0 Å². The molecule has 0 aromatic rings. The lowest BCUT2D eigenvalue weighted by atomic mass is 9.97. The predicted molar refractivity (Wildman–Crippen MR) is 54.4 cm³/mol. The molecule has 0 radical (unpaired) electrons. The van der Waals surface area contributed by atoms with Crippen LogP contribution in [0.1, 0.15) is 47.5 Å². The van der Waals surface area contributed by atoms with Gasteiger partial charge in [0.2, 0.25) is 0 Å². The zero-order valence-electron chi connectivity index (χ0n) is 9.72. The summed E-state index contributed by atoms with van der Waals surface area (Å²) in [5.74, 6) is 4.76. The monoisotopic (exact) mass is 203 g/mol. The molecular weight excluding hydrogens is 182 g/mol. The van der Waals surface area contributed by atoms with E-state index in [0.29, 0.717) is 12.8 Å². The van der Waals surface area contributed by atoms with Gasteiger partial charge in [-0.25, -0.2) is 10.7 Å². The zero-order valence-corrected chi connectivity index (χ0v) is 9.72. The highest BCUT2D eigenvalue weighted by molar-refractivity contribution is 5.79. The molecule has 0 spiro atoms. The third kappa shape index (κ3) is 3.27. The molecule has 4 heteroatoms. The average molecular weight is 203 g/mol. The van der Waals surface area contributed by atoms with Gasteiger partial charge < -0.3 is 4.74 Å². The maximum atomic E-state index is 11.7. The molecule has 84 valence electrons. The number of esters is 1. The highest BCUT2D eigenvalue weighted by Crippen LogP contribution is 2.23. The zero-order chi connectivity index (χ0) is 11.4. The third-order valence-electron chi connectivity index (χ3n) is 2.14. The maximum Gasteiger partial charge on any atom is 0.341 e. The van der Waals surface area contributed by atoms with Gasteiger partial charge in [0.1, 0.15) is 5.60 Å². The fraction of sp³-hybridized carbons (Fsp3) is 0.900. The van der Waals surface area contributed by atoms with Crippen LogP contribution in [0, 0.1) is 0 Å². The number of ether oxygens (including phenoxy) is 1. The number of carbonyl (C=O) groups is 1. The van der Waals surface area contributed by atoms with Gasteiger partial charge in [-0.3, -0.25) is 4.84 Å². The van der Waals surface area contributed by atoms with Crippen molar-refractivity contribution in [2.75, 3.05) is 0 Å². The molecule has 0 saturated carbocycles. The number of carbonyl (C=O) groups excluding carboxylic acids is 1. The average Bonchev–Trinajstić information content (AvgIpc) is 2.05. The molecule has 0 atom stereocenters. The van der Waals surface area contributed by atoms with Crippen molar-refractivity contribution >= 4 is 5.97 Å². The topological polar surface area (TPSA) is 61.5 Å². The summed E-state index contributed by atoms with van der Waals surface area (Å²) < 4.78 is 5.23. The smallest absolute Gasteiger partial charge is 0.341 e. The lowest BCUT2D eigenvalue weighted by molar-refractivity contribution is -0.186. The minimum Gasteiger partial charge on any atom is -0.458 e. The lowest BCUT2D eigenvalue weighted by Gasteiger charge is -2.30. The molecule has 4 nitrogen and oxygen atoms in total. The fourth-order valence-electron chi connectivity index (χ4n) is 1.12. The highest BCUT2D eigenvalue weighted by Gasteiger charge is 2.39. The van der Waals surface area contributed by atoms with Gasteiger partial charge in [-0.15, -0.1) is 0 Å². The van der Waals surface area contributed by atoms with E-state index < -0.39 is 17.2 Å². The Labute approximate surface area is 85.7 Å². The van der Waals surface area contributed by atoms with E-state index in [2.05, 4.69) is 0 Å². The van der Waals surface area contributed by atoms with Crippen molar-refractivity contribution < 1.29 is 14.4 Å². The van der Waals surface area contributed by atoms with E-state index in [0.717, 1.165) is 0 Å². The van der Waals surface area contributed by atoms with Crippen molar-refractivity contribution in [3.8, 4) is 0 Å². The summed E-state index contributed by atoms with van der Waals surface area (Å²) in [4.78, 5) is 16.5. The van der Waals surface area contributed by atoms with Gasteiger partial charge >= 0.3 is 5.97 Å². The van der Waals surface area contributed by atoms with Crippen LogP contribution >= 0.6 is 0 Å². The molecule has 0 bridgehead atoms. The van der Waals surface area contributed by atoms with E-state index in [4.69, 9.17) is 15.5 Å². The maximum absolute atomic E-state index is 11.7. The largest absolute Gasteiger partial charge is 0.458 e. The van der Waals surface area contributed by atoms with Gasteiger partial charge in [0, 0.05) is 0 Å². The van der Waals surface area contributed by atoms with Crippen LogP contribution in [0.2, 0.25) is 0 Å². The number of nitrogens with two attached hydrogens (primary N) is 1. The van der Waals surface area contributed by atoms with E-state index in [1.165, 1.54) is 0 Å². The number of hydrogen-bond donors (Lipinski definition) is 1. The van der Waals surface area contributed by atoms with Crippen LogP contribution in [0.5, 0.6) is 0 Å². The summed E-state index contributed by atoms with van der Waals surface area (Å²) in [6.45, 7) is 9.15. The van der Waals surface area contributed by atoms with Crippen molar-refractivity contribution in [1.82, 2.24) is 0 Å². The first kappa shape index (κ1) is 13.4. The molecule has 0 aromatic carbocycles. The van der Waals surface area contributed by atoms with Gasteiger partial charge in [0.15, 0.2) is 5.60 Å². The number of rotatable bonds is 4. The molecule has 0 heterocycles. The molecular formula is C10H21NO3. The van der Waals surface area contributed by atoms with Gasteiger partial charge in [-0.1, -0.05) is 13.8 Å². The Hall–Kier alpha value is -0.610. The first-order valence-corrected chi connectivity index (χ1v) is 4.92. The van der Waals surface area contributed by atoms with Crippen LogP contribution in [-0.2, 0) is 14.4 Å². The van der Waals surface area contributed by atoms with E-state index in [-0.39, 0.29) is 0 Å². The first-order chi connectivity index (χ1) is 6.31. The molecule has 0 unspecified atom stereocenters. The normalized spacial score (nSPS) is 12.7. The molecule has 0 aromatic heterocycles. The highest BCUT2D eigenvalue weighted by atomic mass is 16.7. The molecule has 0 fully saturated rings. The lowest BCUT2D eigenvalue weighted by Crippen LogP contribution is -2.46. The Balaban J connectivity index is 4.61. The first-order valence-electron chi connectivity index (χ1n) is 4.92. The van der Waals surface area contributed by atoms with Gasteiger partial charge in [-0.05, 0) is 33.6 Å². The van der Waals surface area contributed by atoms with E-state index in [1.807, 2.05) is 34.6 Å². The molecule has 0 aliphatic heterocycles. The van der Waals surface area contributed by atoms with Crippen molar-refractivity contribution in [2.24, 2.45) is 5.90 Å². The van der Waals surface area contributed by atoms with Crippen molar-refractivity contribution in [2.45, 2.75) is 58.7 Å². The summed E-state index contributed by atoms with van der Waals surface area (Å²) >= 11 is 0. The quantitative estimate of drug-likeness (QED) is 0.559. The van der Waals surface area contributed by atoms with Crippen molar-refractivity contribution in [3.05, 3.63) is 0 Å². The summed E-state index contributed by atoms with van der Waals surface area (Å²) in [6, 6.07) is 0. The Bertz CT molecular complexity index is 184. The second-order valence-electron chi connectivity index (χ2n) is 4.32. The molecule has 0 amide bonds. The van der Waals surface area contributed by atoms with E-state index in [1.54, 1.807) is 0 Å². The van der Waals surface area contributed by atoms with Crippen LogP contribution in [0.4, 0.5) is 0 Å². The predicted octanol–water partition coefficient (Wildman–Crippen LogP) is 1.78. The minimum absolute atomic E-state index is 0.391. The third-order valence-corrected chi connectivity index (χ3v) is 2.14. The van der Waals surface area contributed by atoms with E-state index >= 15 is 0 Å². The van der Waals surface area contributed by atoms with Gasteiger partial charge in [0.25, 0.3) is 0 Å². The Kier molecular flexibility index (Phi) is 4.55. The summed E-state index contributed by atoms with van der Waals surface area (Å²) in [7, 11) is 0. The van der Waals surface area contributed by atoms with Crippen molar-refractivity contribution in [3.63, 3.8) is 0 Å². The molecule has 0 aliphatic rings. The van der Waals surface area contributed by atoms with Crippen molar-refractivity contribution in [1.29, 1.82) is 0 Å². The molecule has 2 N–H and O–H groups in total. The second kappa shape index (κ2) is 4.75. The molecule has 0 aliphatic carbocycles. The number of hydrogen-bond acceptors (Lipinski definition) is 4. The van der Waals surface area contributed by atoms with Crippen LogP contribution in [-0.4, -0.2) is 17.2 Å².